The van der Waals surface area contributed by atoms with Crippen molar-refractivity contribution in [2.24, 2.45) is 5.10 Å². The molecule has 0 unspecified atom stereocenters. The highest BCUT2D eigenvalue weighted by Crippen LogP contribution is 2.31. The summed E-state index contributed by atoms with van der Waals surface area (Å²) in [4.78, 5) is 28.2. The number of carbonyl (C=O) groups is 2. The lowest BCUT2D eigenvalue weighted by molar-refractivity contribution is -0.125. The number of hydrogen-bond donors (Lipinski definition) is 1. The molecule has 2 heterocycles. The summed E-state index contributed by atoms with van der Waals surface area (Å²) in [5, 5.41) is 4.02. The number of carbonyl (C=O) groups excluding carboxylic acids is 2. The van der Waals surface area contributed by atoms with Gasteiger partial charge in [0.25, 0.3) is 11.8 Å². The van der Waals surface area contributed by atoms with Crippen LogP contribution in [0.4, 0.5) is 11.4 Å². The molecule has 1 N–H and O–H groups in total. The first-order valence-corrected chi connectivity index (χ1v) is 9.90. The van der Waals surface area contributed by atoms with Crippen molar-refractivity contribution in [1.82, 2.24) is 5.43 Å². The van der Waals surface area contributed by atoms with Crippen LogP contribution in [0.15, 0.2) is 53.6 Å². The van der Waals surface area contributed by atoms with Gasteiger partial charge in [0, 0.05) is 18.8 Å². The summed E-state index contributed by atoms with van der Waals surface area (Å²) in [6.07, 6.45) is 5.40. The zero-order chi connectivity index (χ0) is 20.1. The third-order valence-corrected chi connectivity index (χ3v) is 5.13. The minimum absolute atomic E-state index is 0.0725. The summed E-state index contributed by atoms with van der Waals surface area (Å²) in [5.74, 6) is -0.0235. The van der Waals surface area contributed by atoms with Gasteiger partial charge in [-0.2, -0.15) is 5.10 Å². The van der Waals surface area contributed by atoms with E-state index < -0.39 is 0 Å². The van der Waals surface area contributed by atoms with Gasteiger partial charge >= 0.3 is 0 Å². The highest BCUT2D eigenvalue weighted by Gasteiger charge is 2.26. The molecule has 0 atom stereocenters. The van der Waals surface area contributed by atoms with Gasteiger partial charge in [-0.25, -0.2) is 5.43 Å². The maximum atomic E-state index is 12.3. The SMILES string of the molecule is O=C(CN1C(=O)COc2ccccc21)N/N=C\c1ccc(N2CCCCC2)cc1. The van der Waals surface area contributed by atoms with Gasteiger partial charge < -0.3 is 9.64 Å². The topological polar surface area (TPSA) is 74.2 Å². The second-order valence-electron chi connectivity index (χ2n) is 7.17. The largest absolute Gasteiger partial charge is 0.482 e. The monoisotopic (exact) mass is 392 g/mol. The van der Waals surface area contributed by atoms with Crippen LogP contribution < -0.4 is 20.0 Å². The lowest BCUT2D eigenvalue weighted by Gasteiger charge is -2.28. The number of amides is 2. The van der Waals surface area contributed by atoms with E-state index in [9.17, 15) is 9.59 Å². The van der Waals surface area contributed by atoms with Gasteiger partial charge in [0.2, 0.25) is 0 Å². The number of fused-ring (bicyclic) bond motifs is 1. The minimum atomic E-state index is -0.365. The Kier molecular flexibility index (Phi) is 5.74. The van der Waals surface area contributed by atoms with Crippen LogP contribution in [0.5, 0.6) is 5.75 Å². The lowest BCUT2D eigenvalue weighted by Crippen LogP contribution is -2.44. The molecule has 2 aromatic carbocycles. The first kappa shape index (κ1) is 19.0. The Hall–Kier alpha value is -3.35. The van der Waals surface area contributed by atoms with Crippen LogP contribution >= 0.6 is 0 Å². The Morgan fingerprint density at radius 2 is 1.83 bits per heavy atom. The number of anilines is 2. The van der Waals surface area contributed by atoms with Crippen molar-refractivity contribution in [2.45, 2.75) is 19.3 Å². The van der Waals surface area contributed by atoms with Crippen LogP contribution in [0.3, 0.4) is 0 Å². The van der Waals surface area contributed by atoms with Gasteiger partial charge in [-0.1, -0.05) is 24.3 Å². The molecule has 1 saturated heterocycles. The molecular weight excluding hydrogens is 368 g/mol. The Bertz CT molecular complexity index is 905. The Labute approximate surface area is 169 Å². The molecule has 0 radical (unpaired) electrons. The quantitative estimate of drug-likeness (QED) is 0.627. The highest BCUT2D eigenvalue weighted by molar-refractivity contribution is 6.02. The summed E-state index contributed by atoms with van der Waals surface area (Å²) in [5.41, 5.74) is 5.21. The van der Waals surface area contributed by atoms with Crippen LogP contribution in [-0.2, 0) is 9.59 Å². The van der Waals surface area contributed by atoms with Crippen molar-refractivity contribution < 1.29 is 14.3 Å². The van der Waals surface area contributed by atoms with E-state index >= 15 is 0 Å². The number of hydrogen-bond acceptors (Lipinski definition) is 5. The van der Waals surface area contributed by atoms with Crippen LogP contribution in [0.1, 0.15) is 24.8 Å². The minimum Gasteiger partial charge on any atom is -0.482 e. The molecule has 0 aromatic heterocycles. The molecule has 2 aromatic rings. The second kappa shape index (κ2) is 8.77. The number of rotatable bonds is 5. The van der Waals surface area contributed by atoms with Crippen LogP contribution in [0.2, 0.25) is 0 Å². The molecular formula is C22H24N4O3. The van der Waals surface area contributed by atoms with Crippen molar-refractivity contribution in [3.8, 4) is 5.75 Å². The fourth-order valence-electron chi connectivity index (χ4n) is 3.61. The van der Waals surface area contributed by atoms with Gasteiger partial charge in [-0.3, -0.25) is 14.5 Å². The molecule has 1 fully saturated rings. The number of piperidine rings is 1. The Morgan fingerprint density at radius 1 is 1.07 bits per heavy atom. The molecule has 2 amide bonds. The maximum Gasteiger partial charge on any atom is 0.265 e. The standard InChI is InChI=1S/C22H24N4O3/c27-21(15-26-19-6-2-3-7-20(19)29-16-22(26)28)24-23-14-17-8-10-18(11-9-17)25-12-4-1-5-13-25/h2-3,6-11,14H,1,4-5,12-13,15-16H2,(H,24,27)/b23-14-. The number of para-hydroxylation sites is 2. The van der Waals surface area contributed by atoms with Crippen LogP contribution in [0.25, 0.3) is 0 Å². The third kappa shape index (κ3) is 4.56. The van der Waals surface area contributed by atoms with Crippen molar-refractivity contribution in [3.05, 3.63) is 54.1 Å². The molecule has 4 rings (SSSR count). The first-order chi connectivity index (χ1) is 14.2. The van der Waals surface area contributed by atoms with E-state index in [1.807, 2.05) is 18.2 Å². The second-order valence-corrected chi connectivity index (χ2v) is 7.17. The molecule has 0 bridgehead atoms. The third-order valence-electron chi connectivity index (χ3n) is 5.13. The number of nitrogens with one attached hydrogen (secondary N) is 1. The number of hydrazone groups is 1. The smallest absolute Gasteiger partial charge is 0.265 e. The summed E-state index contributed by atoms with van der Waals surface area (Å²) in [6, 6.07) is 15.3. The van der Waals surface area contributed by atoms with Gasteiger partial charge in [0.05, 0.1) is 11.9 Å². The van der Waals surface area contributed by atoms with Crippen LogP contribution in [0, 0.1) is 0 Å². The first-order valence-electron chi connectivity index (χ1n) is 9.90. The lowest BCUT2D eigenvalue weighted by atomic mass is 10.1. The van der Waals surface area contributed by atoms with Gasteiger partial charge in [-0.15, -0.1) is 0 Å². The maximum absolute atomic E-state index is 12.3. The predicted molar refractivity (Wildman–Crippen MR) is 113 cm³/mol. The Morgan fingerprint density at radius 3 is 2.62 bits per heavy atom. The number of benzene rings is 2. The van der Waals surface area contributed by atoms with E-state index in [0.717, 1.165) is 18.7 Å². The van der Waals surface area contributed by atoms with Crippen molar-refractivity contribution in [1.29, 1.82) is 0 Å². The van der Waals surface area contributed by atoms with E-state index in [4.69, 9.17) is 4.74 Å². The van der Waals surface area contributed by atoms with E-state index in [2.05, 4.69) is 27.6 Å². The van der Waals surface area contributed by atoms with Crippen molar-refractivity contribution in [2.75, 3.05) is 36.0 Å². The molecule has 7 heteroatoms. The van der Waals surface area contributed by atoms with E-state index in [0.29, 0.717) is 11.4 Å². The van der Waals surface area contributed by atoms with E-state index in [1.165, 1.54) is 29.8 Å². The zero-order valence-corrected chi connectivity index (χ0v) is 16.2. The molecule has 2 aliphatic rings. The fraction of sp³-hybridized carbons (Fsp3) is 0.318. The normalized spacial score (nSPS) is 16.5. The molecule has 0 aliphatic carbocycles. The summed E-state index contributed by atoms with van der Waals surface area (Å²) in [6.45, 7) is 2.03. The number of ether oxygens (including phenoxy) is 1. The summed E-state index contributed by atoms with van der Waals surface area (Å²) >= 11 is 0. The molecule has 150 valence electrons. The predicted octanol–water partition coefficient (Wildman–Crippen LogP) is 2.55. The molecule has 29 heavy (non-hydrogen) atoms. The zero-order valence-electron chi connectivity index (χ0n) is 16.2. The van der Waals surface area contributed by atoms with Gasteiger partial charge in [0.1, 0.15) is 12.3 Å². The van der Waals surface area contributed by atoms with E-state index in [-0.39, 0.29) is 25.0 Å². The molecule has 2 aliphatic heterocycles. The highest BCUT2D eigenvalue weighted by atomic mass is 16.5. The van der Waals surface area contributed by atoms with E-state index in [1.54, 1.807) is 24.4 Å². The molecule has 0 spiro atoms. The Balaban J connectivity index is 1.32. The van der Waals surface area contributed by atoms with Gasteiger partial charge in [-0.05, 0) is 49.1 Å². The average Bonchev–Trinajstić information content (AvgIpc) is 2.77. The van der Waals surface area contributed by atoms with Crippen LogP contribution in [-0.4, -0.2) is 44.3 Å². The van der Waals surface area contributed by atoms with Crippen molar-refractivity contribution in [3.63, 3.8) is 0 Å². The number of nitrogens with zero attached hydrogens (tertiary/aromatic N) is 3. The molecule has 7 nitrogen and oxygen atoms in total. The van der Waals surface area contributed by atoms with Gasteiger partial charge in [0.15, 0.2) is 6.61 Å². The fourth-order valence-corrected chi connectivity index (χ4v) is 3.61. The van der Waals surface area contributed by atoms with Crippen molar-refractivity contribution >= 4 is 29.4 Å². The summed E-state index contributed by atoms with van der Waals surface area (Å²) < 4.78 is 5.38. The average molecular weight is 392 g/mol. The molecule has 0 saturated carbocycles. The summed E-state index contributed by atoms with van der Waals surface area (Å²) in [7, 11) is 0.